The zero-order valence-corrected chi connectivity index (χ0v) is 9.14. The Kier molecular flexibility index (Phi) is 2.62. The van der Waals surface area contributed by atoms with Crippen molar-refractivity contribution in [2.24, 2.45) is 11.8 Å². The first kappa shape index (κ1) is 10.1. The second-order valence-corrected chi connectivity index (χ2v) is 4.73. The molecule has 1 heterocycles. The minimum absolute atomic E-state index is 0.00458. The molecule has 0 amide bonds. The lowest BCUT2D eigenvalue weighted by molar-refractivity contribution is -0.116. The number of piperidine rings is 1. The predicted octanol–water partition coefficient (Wildman–Crippen LogP) is 0.929. The topological polar surface area (TPSA) is 29.5 Å². The fraction of sp³-hybridized carbons (Fsp3) is 0.909. The lowest BCUT2D eigenvalue weighted by Crippen LogP contribution is -2.43. The lowest BCUT2D eigenvalue weighted by atomic mass is 9.96. The Bertz CT molecular complexity index is 231. The summed E-state index contributed by atoms with van der Waals surface area (Å²) in [6, 6.07) is 1.22. The molecule has 0 aromatic heterocycles. The average Bonchev–Trinajstić information content (AvgIpc) is 2.89. The van der Waals surface area contributed by atoms with E-state index in [0.29, 0.717) is 6.04 Å². The monoisotopic (exact) mass is 197 g/mol. The van der Waals surface area contributed by atoms with Gasteiger partial charge in [0.05, 0.1) is 6.10 Å². The molecule has 2 fully saturated rings. The molecule has 0 bridgehead atoms. The molecule has 0 aromatic rings. The fourth-order valence-electron chi connectivity index (χ4n) is 2.87. The Labute approximate surface area is 85.4 Å². The van der Waals surface area contributed by atoms with Gasteiger partial charge in [-0.3, -0.25) is 4.90 Å². The Morgan fingerprint density at radius 2 is 2.21 bits per heavy atom. The van der Waals surface area contributed by atoms with E-state index in [1.807, 2.05) is 6.92 Å². The van der Waals surface area contributed by atoms with Crippen LogP contribution < -0.4 is 0 Å². The molecule has 1 saturated heterocycles. The van der Waals surface area contributed by atoms with Crippen LogP contribution in [0.2, 0.25) is 0 Å². The first-order chi connectivity index (χ1) is 6.69. The van der Waals surface area contributed by atoms with E-state index >= 15 is 0 Å². The summed E-state index contributed by atoms with van der Waals surface area (Å²) < 4.78 is 5.45. The maximum absolute atomic E-state index is 10.8. The summed E-state index contributed by atoms with van der Waals surface area (Å²) in [5, 5.41) is 0. The van der Waals surface area contributed by atoms with Crippen LogP contribution in [0.5, 0.6) is 0 Å². The van der Waals surface area contributed by atoms with Crippen molar-refractivity contribution in [3.8, 4) is 0 Å². The van der Waals surface area contributed by atoms with Gasteiger partial charge in [0.25, 0.3) is 0 Å². The lowest BCUT2D eigenvalue weighted by Gasteiger charge is -2.32. The van der Waals surface area contributed by atoms with Crippen LogP contribution in [-0.2, 0) is 9.53 Å². The van der Waals surface area contributed by atoms with Crippen molar-refractivity contribution < 1.29 is 9.53 Å². The Morgan fingerprint density at radius 1 is 1.50 bits per heavy atom. The van der Waals surface area contributed by atoms with Crippen molar-refractivity contribution in [3.63, 3.8) is 0 Å². The number of carbonyl (C=O) groups excluding carboxylic acids is 1. The van der Waals surface area contributed by atoms with E-state index in [1.165, 1.54) is 12.8 Å². The smallest absolute Gasteiger partial charge is 0.125 e. The third kappa shape index (κ3) is 1.48. The maximum atomic E-state index is 10.8. The number of methoxy groups -OCH3 is 1. The summed E-state index contributed by atoms with van der Waals surface area (Å²) in [5.41, 5.74) is 0. The van der Waals surface area contributed by atoms with Gasteiger partial charge in [0.15, 0.2) is 0 Å². The number of rotatable bonds is 4. The van der Waals surface area contributed by atoms with Crippen LogP contribution in [0.4, 0.5) is 0 Å². The Hall–Kier alpha value is -0.410. The highest BCUT2D eigenvalue weighted by molar-refractivity contribution is 5.54. The minimum Gasteiger partial charge on any atom is -0.379 e. The van der Waals surface area contributed by atoms with Gasteiger partial charge in [0.2, 0.25) is 0 Å². The van der Waals surface area contributed by atoms with Crippen LogP contribution in [0.1, 0.15) is 19.8 Å². The standard InChI is InChI=1S/C11H19NO2/c1-7(6-13)11(14-3)10-5-8-4-9(8)12(10)2/h6-11H,4-5H2,1-3H3. The number of hydrogen-bond donors (Lipinski definition) is 0. The molecule has 0 aromatic carbocycles. The molecule has 1 aliphatic carbocycles. The highest BCUT2D eigenvalue weighted by Crippen LogP contribution is 2.48. The quantitative estimate of drug-likeness (QED) is 0.628. The summed E-state index contributed by atoms with van der Waals surface area (Å²) in [5.74, 6) is 0.881. The van der Waals surface area contributed by atoms with Crippen molar-refractivity contribution in [2.45, 2.75) is 38.0 Å². The molecule has 3 nitrogen and oxygen atoms in total. The molecule has 2 rings (SSSR count). The second-order valence-electron chi connectivity index (χ2n) is 4.73. The van der Waals surface area contributed by atoms with Crippen molar-refractivity contribution in [2.75, 3.05) is 14.2 Å². The summed E-state index contributed by atoms with van der Waals surface area (Å²) >= 11 is 0. The molecule has 2 aliphatic rings. The maximum Gasteiger partial charge on any atom is 0.125 e. The highest BCUT2D eigenvalue weighted by Gasteiger charge is 2.52. The number of aldehydes is 1. The summed E-state index contributed by atoms with van der Waals surface area (Å²) in [7, 11) is 3.87. The van der Waals surface area contributed by atoms with Crippen LogP contribution >= 0.6 is 0 Å². The van der Waals surface area contributed by atoms with Crippen LogP contribution in [0.3, 0.4) is 0 Å². The molecular weight excluding hydrogens is 178 g/mol. The Balaban J connectivity index is 2.01. The minimum atomic E-state index is 0.00458. The molecular formula is C11H19NO2. The molecule has 14 heavy (non-hydrogen) atoms. The molecule has 5 atom stereocenters. The third-order valence-corrected chi connectivity index (χ3v) is 3.86. The van der Waals surface area contributed by atoms with Gasteiger partial charge in [0.1, 0.15) is 6.29 Å². The van der Waals surface area contributed by atoms with E-state index in [-0.39, 0.29) is 12.0 Å². The summed E-state index contributed by atoms with van der Waals surface area (Å²) in [4.78, 5) is 13.2. The second kappa shape index (κ2) is 3.63. The van der Waals surface area contributed by atoms with Gasteiger partial charge in [-0.2, -0.15) is 0 Å². The van der Waals surface area contributed by atoms with Crippen molar-refractivity contribution in [1.82, 2.24) is 4.90 Å². The van der Waals surface area contributed by atoms with E-state index in [4.69, 9.17) is 4.74 Å². The fourth-order valence-corrected chi connectivity index (χ4v) is 2.87. The molecule has 0 N–H and O–H groups in total. The normalized spacial score (nSPS) is 40.4. The van der Waals surface area contributed by atoms with Gasteiger partial charge in [-0.1, -0.05) is 6.92 Å². The first-order valence-electron chi connectivity index (χ1n) is 5.39. The van der Waals surface area contributed by atoms with Gasteiger partial charge in [-0.25, -0.2) is 0 Å². The molecule has 80 valence electrons. The van der Waals surface area contributed by atoms with E-state index in [2.05, 4.69) is 11.9 Å². The van der Waals surface area contributed by atoms with Crippen molar-refractivity contribution in [1.29, 1.82) is 0 Å². The zero-order valence-electron chi connectivity index (χ0n) is 9.14. The van der Waals surface area contributed by atoms with Crippen LogP contribution in [-0.4, -0.2) is 43.5 Å². The van der Waals surface area contributed by atoms with E-state index < -0.39 is 0 Å². The zero-order chi connectivity index (χ0) is 10.3. The summed E-state index contributed by atoms with van der Waals surface area (Å²) in [6.07, 6.45) is 3.63. The third-order valence-electron chi connectivity index (χ3n) is 3.86. The van der Waals surface area contributed by atoms with Crippen LogP contribution in [0.15, 0.2) is 0 Å². The van der Waals surface area contributed by atoms with Crippen LogP contribution in [0, 0.1) is 11.8 Å². The number of ether oxygens (including phenoxy) is 1. The van der Waals surface area contributed by atoms with Gasteiger partial charge in [-0.15, -0.1) is 0 Å². The summed E-state index contributed by atoms with van der Waals surface area (Å²) in [6.45, 7) is 1.94. The van der Waals surface area contributed by atoms with Crippen molar-refractivity contribution in [3.05, 3.63) is 0 Å². The SMILES string of the molecule is COC(C(C)C=O)C1CC2CC2N1C. The Morgan fingerprint density at radius 3 is 2.64 bits per heavy atom. The number of likely N-dealkylation sites (tertiary alicyclic amines) is 1. The van der Waals surface area contributed by atoms with Crippen molar-refractivity contribution >= 4 is 6.29 Å². The molecule has 0 radical (unpaired) electrons. The number of nitrogens with zero attached hydrogens (tertiary/aromatic N) is 1. The van der Waals surface area contributed by atoms with E-state index in [9.17, 15) is 4.79 Å². The van der Waals surface area contributed by atoms with Gasteiger partial charge >= 0.3 is 0 Å². The largest absolute Gasteiger partial charge is 0.379 e. The number of hydrogen-bond acceptors (Lipinski definition) is 3. The van der Waals surface area contributed by atoms with Gasteiger partial charge in [-0.05, 0) is 25.8 Å². The van der Waals surface area contributed by atoms with Crippen LogP contribution in [0.25, 0.3) is 0 Å². The van der Waals surface area contributed by atoms with Gasteiger partial charge in [0, 0.05) is 25.1 Å². The molecule has 0 spiro atoms. The molecule has 5 unspecified atom stereocenters. The molecule has 3 heteroatoms. The van der Waals surface area contributed by atoms with E-state index in [1.54, 1.807) is 7.11 Å². The average molecular weight is 197 g/mol. The predicted molar refractivity (Wildman–Crippen MR) is 54.1 cm³/mol. The first-order valence-corrected chi connectivity index (χ1v) is 5.39. The number of likely N-dealkylation sites (N-methyl/N-ethyl adjacent to an activating group) is 1. The van der Waals surface area contributed by atoms with E-state index in [0.717, 1.165) is 18.2 Å². The highest BCUT2D eigenvalue weighted by atomic mass is 16.5. The molecule has 1 aliphatic heterocycles. The molecule has 1 saturated carbocycles. The van der Waals surface area contributed by atoms with Gasteiger partial charge < -0.3 is 9.53 Å². The number of carbonyl (C=O) groups is 1. The number of fused-ring (bicyclic) bond motifs is 1.